The maximum atomic E-state index is 13.6. The smallest absolute Gasteiger partial charge is 0.247 e. The van der Waals surface area contributed by atoms with Crippen molar-refractivity contribution in [1.82, 2.24) is 13.9 Å². The number of sulfonamides is 2. The van der Waals surface area contributed by atoms with Crippen molar-refractivity contribution in [3.63, 3.8) is 0 Å². The van der Waals surface area contributed by atoms with Crippen molar-refractivity contribution in [3.05, 3.63) is 18.2 Å². The molecule has 2 fully saturated rings. The lowest BCUT2D eigenvalue weighted by molar-refractivity contribution is 0.324. The Morgan fingerprint density at radius 1 is 1.07 bits per heavy atom. The molecule has 0 bridgehead atoms. The van der Waals surface area contributed by atoms with Gasteiger partial charge in [0.1, 0.15) is 16.4 Å². The molecule has 1 heterocycles. The monoisotopic (exact) mass is 461 g/mol. The fraction of sp³-hybridized carbons (Fsp3) is 0.684. The first-order valence-electron chi connectivity index (χ1n) is 10.2. The molecule has 11 heteroatoms. The number of hydrogen-bond donors (Lipinski definition) is 1. The van der Waals surface area contributed by atoms with Crippen LogP contribution in [0.15, 0.2) is 23.1 Å². The van der Waals surface area contributed by atoms with Crippen LogP contribution >= 0.6 is 0 Å². The average molecular weight is 462 g/mol. The minimum absolute atomic E-state index is 0.00387. The SMILES string of the molecule is COc1ccc(OC)c(S(=O)(=O)N(CCS(=O)(=O)N2CCNCC2)C2CCCC2)c1. The summed E-state index contributed by atoms with van der Waals surface area (Å²) in [5, 5.41) is 3.13. The molecule has 3 rings (SSSR count). The van der Waals surface area contributed by atoms with Gasteiger partial charge in [-0.15, -0.1) is 0 Å². The number of hydrogen-bond acceptors (Lipinski definition) is 7. The first-order valence-corrected chi connectivity index (χ1v) is 13.3. The Morgan fingerprint density at radius 3 is 2.33 bits per heavy atom. The molecule has 1 saturated carbocycles. The summed E-state index contributed by atoms with van der Waals surface area (Å²) in [4.78, 5) is -0.00387. The second-order valence-corrected chi connectivity index (χ2v) is 11.5. The van der Waals surface area contributed by atoms with Crippen molar-refractivity contribution >= 4 is 20.0 Å². The topological polar surface area (TPSA) is 105 Å². The molecule has 1 aliphatic heterocycles. The quantitative estimate of drug-likeness (QED) is 0.582. The average Bonchev–Trinajstić information content (AvgIpc) is 3.28. The molecule has 0 radical (unpaired) electrons. The van der Waals surface area contributed by atoms with E-state index in [2.05, 4.69) is 5.32 Å². The van der Waals surface area contributed by atoms with E-state index in [9.17, 15) is 16.8 Å². The van der Waals surface area contributed by atoms with Crippen LogP contribution in [-0.4, -0.2) is 84.2 Å². The van der Waals surface area contributed by atoms with Gasteiger partial charge in [-0.05, 0) is 25.0 Å². The first kappa shape index (κ1) is 23.3. The van der Waals surface area contributed by atoms with Crippen LogP contribution in [0.25, 0.3) is 0 Å². The molecule has 30 heavy (non-hydrogen) atoms. The van der Waals surface area contributed by atoms with E-state index in [-0.39, 0.29) is 29.0 Å². The highest BCUT2D eigenvalue weighted by Crippen LogP contribution is 2.34. The zero-order chi connectivity index (χ0) is 21.8. The van der Waals surface area contributed by atoms with Crippen molar-refractivity contribution < 1.29 is 26.3 Å². The molecule has 0 amide bonds. The van der Waals surface area contributed by atoms with Gasteiger partial charge in [-0.25, -0.2) is 16.8 Å². The number of piperazine rings is 1. The van der Waals surface area contributed by atoms with Gasteiger partial charge in [-0.2, -0.15) is 8.61 Å². The molecule has 1 N–H and O–H groups in total. The maximum Gasteiger partial charge on any atom is 0.247 e. The molecule has 9 nitrogen and oxygen atoms in total. The second kappa shape index (κ2) is 9.82. The molecule has 0 spiro atoms. The third-order valence-corrected chi connectivity index (χ3v) is 9.55. The maximum absolute atomic E-state index is 13.6. The van der Waals surface area contributed by atoms with Gasteiger partial charge in [0.2, 0.25) is 20.0 Å². The standard InChI is InChI=1S/C19H31N3O6S2/c1-27-17-7-8-18(28-2)19(15-17)30(25,26)22(16-5-3-4-6-16)13-14-29(23,24)21-11-9-20-10-12-21/h7-8,15-16,20H,3-6,9-14H2,1-2H3. The van der Waals surface area contributed by atoms with E-state index in [1.807, 2.05) is 0 Å². The van der Waals surface area contributed by atoms with Gasteiger partial charge < -0.3 is 14.8 Å². The highest BCUT2D eigenvalue weighted by Gasteiger charge is 2.37. The van der Waals surface area contributed by atoms with Crippen LogP contribution in [0.1, 0.15) is 25.7 Å². The summed E-state index contributed by atoms with van der Waals surface area (Å²) in [5.74, 6) is 0.368. The number of benzene rings is 1. The largest absolute Gasteiger partial charge is 0.497 e. The fourth-order valence-electron chi connectivity index (χ4n) is 4.06. The minimum atomic E-state index is -3.98. The van der Waals surface area contributed by atoms with Crippen LogP contribution in [0.4, 0.5) is 0 Å². The number of ether oxygens (including phenoxy) is 2. The fourth-order valence-corrected chi connectivity index (χ4v) is 7.46. The summed E-state index contributed by atoms with van der Waals surface area (Å²) >= 11 is 0. The summed E-state index contributed by atoms with van der Waals surface area (Å²) in [6.45, 7) is 1.93. The van der Waals surface area contributed by atoms with Crippen molar-refractivity contribution in [2.45, 2.75) is 36.6 Å². The van der Waals surface area contributed by atoms with Gasteiger partial charge >= 0.3 is 0 Å². The lowest BCUT2D eigenvalue weighted by Gasteiger charge is -2.31. The van der Waals surface area contributed by atoms with Gasteiger partial charge in [-0.1, -0.05) is 12.8 Å². The molecular weight excluding hydrogens is 430 g/mol. The third-order valence-electron chi connectivity index (χ3n) is 5.73. The molecule has 0 atom stereocenters. The van der Waals surface area contributed by atoms with Crippen molar-refractivity contribution in [3.8, 4) is 11.5 Å². The Kier molecular flexibility index (Phi) is 7.61. The Bertz CT molecular complexity index is 924. The molecule has 1 aromatic carbocycles. The van der Waals surface area contributed by atoms with E-state index in [0.29, 0.717) is 31.9 Å². The second-order valence-electron chi connectivity index (χ2n) is 7.54. The van der Waals surface area contributed by atoms with Crippen LogP contribution in [0.2, 0.25) is 0 Å². The lowest BCUT2D eigenvalue weighted by Crippen LogP contribution is -2.49. The van der Waals surface area contributed by atoms with Crippen molar-refractivity contribution in [2.24, 2.45) is 0 Å². The highest BCUT2D eigenvalue weighted by atomic mass is 32.2. The van der Waals surface area contributed by atoms with Crippen molar-refractivity contribution in [2.75, 3.05) is 52.7 Å². The van der Waals surface area contributed by atoms with Gasteiger partial charge in [-0.3, -0.25) is 0 Å². The number of nitrogens with zero attached hydrogens (tertiary/aromatic N) is 2. The number of methoxy groups -OCH3 is 2. The Balaban J connectivity index is 1.90. The number of rotatable bonds is 9. The summed E-state index contributed by atoms with van der Waals surface area (Å²) < 4.78 is 66.2. The highest BCUT2D eigenvalue weighted by molar-refractivity contribution is 7.90. The van der Waals surface area contributed by atoms with Gasteiger partial charge in [0.05, 0.1) is 20.0 Å². The molecule has 1 aromatic rings. The van der Waals surface area contributed by atoms with Crippen LogP contribution in [0.3, 0.4) is 0 Å². The molecule has 1 aliphatic carbocycles. The molecule has 0 unspecified atom stereocenters. The summed E-state index contributed by atoms with van der Waals surface area (Å²) in [6.07, 6.45) is 3.30. The van der Waals surface area contributed by atoms with Crippen LogP contribution in [-0.2, 0) is 20.0 Å². The molecule has 1 saturated heterocycles. The number of nitrogens with one attached hydrogen (secondary N) is 1. The zero-order valence-electron chi connectivity index (χ0n) is 17.5. The summed E-state index contributed by atoms with van der Waals surface area (Å²) in [6, 6.07) is 4.40. The van der Waals surface area contributed by atoms with E-state index in [1.165, 1.54) is 28.9 Å². The van der Waals surface area contributed by atoms with Gasteiger partial charge in [0, 0.05) is 44.8 Å². The lowest BCUT2D eigenvalue weighted by atomic mass is 10.2. The zero-order valence-corrected chi connectivity index (χ0v) is 19.2. The summed E-state index contributed by atoms with van der Waals surface area (Å²) in [7, 11) is -4.65. The van der Waals surface area contributed by atoms with Crippen molar-refractivity contribution in [1.29, 1.82) is 0 Å². The van der Waals surface area contributed by atoms with Crippen LogP contribution in [0, 0.1) is 0 Å². The normalized spacial score (nSPS) is 19.3. The molecule has 170 valence electrons. The first-order chi connectivity index (χ1) is 14.3. The third kappa shape index (κ3) is 5.08. The van der Waals surface area contributed by atoms with E-state index in [1.54, 1.807) is 12.1 Å². The predicted octanol–water partition coefficient (Wildman–Crippen LogP) is 0.872. The van der Waals surface area contributed by atoms with Crippen LogP contribution < -0.4 is 14.8 Å². The molecule has 0 aromatic heterocycles. The molecular formula is C19H31N3O6S2. The Hall–Kier alpha value is -1.40. The van der Waals surface area contributed by atoms with Gasteiger partial charge in [0.15, 0.2) is 0 Å². The van der Waals surface area contributed by atoms with E-state index in [0.717, 1.165) is 25.7 Å². The Morgan fingerprint density at radius 2 is 1.73 bits per heavy atom. The van der Waals surface area contributed by atoms with E-state index >= 15 is 0 Å². The van der Waals surface area contributed by atoms with E-state index in [4.69, 9.17) is 9.47 Å². The minimum Gasteiger partial charge on any atom is -0.497 e. The van der Waals surface area contributed by atoms with Gasteiger partial charge in [0.25, 0.3) is 0 Å². The van der Waals surface area contributed by atoms with E-state index < -0.39 is 20.0 Å². The summed E-state index contributed by atoms with van der Waals surface area (Å²) in [5.41, 5.74) is 0. The predicted molar refractivity (Wildman–Crippen MR) is 114 cm³/mol. The molecule has 2 aliphatic rings. The Labute approximate surface area is 179 Å². The van der Waals surface area contributed by atoms with Crippen LogP contribution in [0.5, 0.6) is 11.5 Å².